The summed E-state index contributed by atoms with van der Waals surface area (Å²) in [6.07, 6.45) is 5.92. The Morgan fingerprint density at radius 1 is 1.13 bits per heavy atom. The first-order chi connectivity index (χ1) is 14.8. The van der Waals surface area contributed by atoms with Gasteiger partial charge in [-0.3, -0.25) is 4.79 Å². The fraction of sp³-hybridized carbons (Fsp3) is 0.320. The maximum absolute atomic E-state index is 12.1. The Hall–Kier alpha value is -3.43. The second-order valence-corrected chi connectivity index (χ2v) is 8.59. The number of benzene rings is 1. The summed E-state index contributed by atoms with van der Waals surface area (Å²) in [4.78, 5) is 21.0. The number of carbonyl (C=O) groups excluding carboxylic acids is 1. The highest BCUT2D eigenvalue weighted by Crippen LogP contribution is 2.31. The van der Waals surface area contributed by atoms with Crippen molar-refractivity contribution in [3.63, 3.8) is 0 Å². The number of aliphatic hydroxyl groups is 1. The Labute approximate surface area is 182 Å². The van der Waals surface area contributed by atoms with Gasteiger partial charge in [0.05, 0.1) is 11.2 Å². The van der Waals surface area contributed by atoms with Gasteiger partial charge < -0.3 is 15.7 Å². The first kappa shape index (κ1) is 20.8. The Bertz CT molecular complexity index is 1180. The number of pyridine rings is 2. The highest BCUT2D eigenvalue weighted by molar-refractivity contribution is 5.99. The smallest absolute Gasteiger partial charge is 0.228 e. The Morgan fingerprint density at radius 3 is 2.52 bits per heavy atom. The largest absolute Gasteiger partial charge is 0.390 e. The van der Waals surface area contributed by atoms with E-state index in [1.165, 1.54) is 0 Å². The molecule has 2 aromatic heterocycles. The highest BCUT2D eigenvalue weighted by Gasteiger charge is 2.29. The lowest BCUT2D eigenvalue weighted by Gasteiger charge is -2.16. The molecular formula is C25H26N4O2. The minimum Gasteiger partial charge on any atom is -0.390 e. The number of amides is 1. The van der Waals surface area contributed by atoms with Crippen LogP contribution in [-0.2, 0) is 11.2 Å². The van der Waals surface area contributed by atoms with Crippen molar-refractivity contribution in [1.29, 1.82) is 0 Å². The molecule has 3 aromatic rings. The van der Waals surface area contributed by atoms with Crippen LogP contribution in [0.5, 0.6) is 0 Å². The third-order valence-corrected chi connectivity index (χ3v) is 5.14. The van der Waals surface area contributed by atoms with Crippen LogP contribution in [-0.4, -0.2) is 33.6 Å². The van der Waals surface area contributed by atoms with Gasteiger partial charge in [0.25, 0.3) is 0 Å². The van der Waals surface area contributed by atoms with Gasteiger partial charge in [0.1, 0.15) is 11.6 Å². The summed E-state index contributed by atoms with van der Waals surface area (Å²) < 4.78 is 0. The number of nitrogens with zero attached hydrogens (tertiary/aromatic N) is 2. The van der Waals surface area contributed by atoms with Crippen LogP contribution >= 0.6 is 0 Å². The SMILES string of the molecule is CNc1ncc(C#Cc2ccc(CC(C)(C)O)cc2)c2cc(NC(=O)C3CC3)ncc12. The average Bonchev–Trinajstić information content (AvgIpc) is 3.57. The summed E-state index contributed by atoms with van der Waals surface area (Å²) in [6, 6.07) is 9.73. The van der Waals surface area contributed by atoms with Crippen molar-refractivity contribution >= 4 is 28.3 Å². The molecule has 1 aromatic carbocycles. The van der Waals surface area contributed by atoms with Crippen molar-refractivity contribution < 1.29 is 9.90 Å². The Kier molecular flexibility index (Phi) is 5.62. The quantitative estimate of drug-likeness (QED) is 0.554. The van der Waals surface area contributed by atoms with Crippen LogP contribution in [0.15, 0.2) is 42.7 Å². The molecule has 6 nitrogen and oxygen atoms in total. The molecule has 4 rings (SSSR count). The number of anilines is 2. The molecule has 0 unspecified atom stereocenters. The normalized spacial score (nSPS) is 13.4. The molecule has 158 valence electrons. The number of rotatable bonds is 5. The van der Waals surface area contributed by atoms with Crippen molar-refractivity contribution in [2.45, 2.75) is 38.7 Å². The van der Waals surface area contributed by atoms with Gasteiger partial charge in [-0.05, 0) is 50.5 Å². The van der Waals surface area contributed by atoms with Gasteiger partial charge in [0, 0.05) is 48.1 Å². The molecule has 0 atom stereocenters. The monoisotopic (exact) mass is 414 g/mol. The number of hydrogen-bond acceptors (Lipinski definition) is 5. The molecule has 3 N–H and O–H groups in total. The molecule has 1 saturated carbocycles. The first-order valence-corrected chi connectivity index (χ1v) is 10.4. The molecule has 0 aliphatic heterocycles. The summed E-state index contributed by atoms with van der Waals surface area (Å²) in [5.74, 6) is 7.77. The Balaban J connectivity index is 1.64. The molecule has 0 radical (unpaired) electrons. The molecule has 0 saturated heterocycles. The van der Waals surface area contributed by atoms with Crippen LogP contribution < -0.4 is 10.6 Å². The van der Waals surface area contributed by atoms with E-state index in [9.17, 15) is 9.90 Å². The zero-order valence-corrected chi connectivity index (χ0v) is 18.0. The minimum atomic E-state index is -0.743. The summed E-state index contributed by atoms with van der Waals surface area (Å²) in [5, 5.41) is 17.7. The summed E-state index contributed by atoms with van der Waals surface area (Å²) >= 11 is 0. The van der Waals surface area contributed by atoms with Crippen molar-refractivity contribution in [3.05, 3.63) is 59.4 Å². The molecular weight excluding hydrogens is 388 g/mol. The molecule has 0 bridgehead atoms. The van der Waals surface area contributed by atoms with Crippen molar-refractivity contribution in [1.82, 2.24) is 9.97 Å². The maximum Gasteiger partial charge on any atom is 0.228 e. The summed E-state index contributed by atoms with van der Waals surface area (Å²) in [7, 11) is 1.81. The third-order valence-electron chi connectivity index (χ3n) is 5.14. The van der Waals surface area contributed by atoms with Crippen LogP contribution in [0, 0.1) is 17.8 Å². The van der Waals surface area contributed by atoms with Crippen LogP contribution in [0.2, 0.25) is 0 Å². The van der Waals surface area contributed by atoms with Crippen molar-refractivity contribution in [2.24, 2.45) is 5.92 Å². The minimum absolute atomic E-state index is 0.0218. The lowest BCUT2D eigenvalue weighted by atomic mass is 9.98. The summed E-state index contributed by atoms with van der Waals surface area (Å²) in [5.41, 5.74) is 1.96. The van der Waals surface area contributed by atoms with Gasteiger partial charge in [0.15, 0.2) is 0 Å². The van der Waals surface area contributed by atoms with E-state index in [1.54, 1.807) is 26.2 Å². The molecule has 2 heterocycles. The molecule has 0 spiro atoms. The Morgan fingerprint density at radius 2 is 1.87 bits per heavy atom. The molecule has 31 heavy (non-hydrogen) atoms. The zero-order valence-electron chi connectivity index (χ0n) is 18.0. The number of nitrogens with one attached hydrogen (secondary N) is 2. The van der Waals surface area contributed by atoms with Gasteiger partial charge >= 0.3 is 0 Å². The molecule has 1 amide bonds. The lowest BCUT2D eigenvalue weighted by molar-refractivity contribution is -0.117. The molecule has 1 fully saturated rings. The van der Waals surface area contributed by atoms with Crippen LogP contribution in [0.25, 0.3) is 10.8 Å². The average molecular weight is 415 g/mol. The van der Waals surface area contributed by atoms with E-state index in [0.29, 0.717) is 18.1 Å². The highest BCUT2D eigenvalue weighted by atomic mass is 16.3. The standard InChI is InChI=1S/C25H26N4O2/c1-25(2,31)13-17-6-4-16(5-7-17)8-9-19-14-28-23(26-3)21-15-27-22(12-20(19)21)29-24(30)18-10-11-18/h4-7,12,14-15,18,31H,10-11,13H2,1-3H3,(H,26,28)(H,27,29,30). The van der Waals surface area contributed by atoms with E-state index in [0.717, 1.165) is 40.3 Å². The predicted molar refractivity (Wildman–Crippen MR) is 123 cm³/mol. The second kappa shape index (κ2) is 8.37. The van der Waals surface area contributed by atoms with E-state index in [4.69, 9.17) is 0 Å². The van der Waals surface area contributed by atoms with E-state index >= 15 is 0 Å². The maximum atomic E-state index is 12.1. The lowest BCUT2D eigenvalue weighted by Crippen LogP contribution is -2.21. The number of hydrogen-bond donors (Lipinski definition) is 3. The van der Waals surface area contributed by atoms with Crippen LogP contribution in [0.3, 0.4) is 0 Å². The number of aromatic nitrogens is 2. The van der Waals surface area contributed by atoms with Crippen molar-refractivity contribution in [2.75, 3.05) is 17.7 Å². The van der Waals surface area contributed by atoms with E-state index < -0.39 is 5.60 Å². The van der Waals surface area contributed by atoms with Gasteiger partial charge in [-0.25, -0.2) is 9.97 Å². The van der Waals surface area contributed by atoms with E-state index in [1.807, 2.05) is 37.4 Å². The molecule has 1 aliphatic carbocycles. The number of carbonyl (C=O) groups is 1. The van der Waals surface area contributed by atoms with Gasteiger partial charge in [-0.15, -0.1) is 0 Å². The van der Waals surface area contributed by atoms with Gasteiger partial charge in [0.2, 0.25) is 5.91 Å². The topological polar surface area (TPSA) is 87.1 Å². The van der Waals surface area contributed by atoms with Gasteiger partial charge in [-0.2, -0.15) is 0 Å². The fourth-order valence-electron chi connectivity index (χ4n) is 3.42. The molecule has 6 heteroatoms. The summed E-state index contributed by atoms with van der Waals surface area (Å²) in [6.45, 7) is 3.59. The first-order valence-electron chi connectivity index (χ1n) is 10.4. The van der Waals surface area contributed by atoms with Crippen LogP contribution in [0.1, 0.15) is 43.4 Å². The van der Waals surface area contributed by atoms with E-state index in [2.05, 4.69) is 32.4 Å². The predicted octanol–water partition coefficient (Wildman–Crippen LogP) is 3.73. The van der Waals surface area contributed by atoms with E-state index in [-0.39, 0.29) is 11.8 Å². The third kappa shape index (κ3) is 5.19. The second-order valence-electron chi connectivity index (χ2n) is 8.59. The fourth-order valence-corrected chi connectivity index (χ4v) is 3.42. The van der Waals surface area contributed by atoms with Crippen molar-refractivity contribution in [3.8, 4) is 11.8 Å². The zero-order chi connectivity index (χ0) is 22.0. The van der Waals surface area contributed by atoms with Gasteiger partial charge in [-0.1, -0.05) is 24.0 Å². The van der Waals surface area contributed by atoms with Crippen LogP contribution in [0.4, 0.5) is 11.6 Å². The molecule has 1 aliphatic rings. The number of fused-ring (bicyclic) bond motifs is 1.